The van der Waals surface area contributed by atoms with Gasteiger partial charge in [0.05, 0.1) is 13.1 Å². The van der Waals surface area contributed by atoms with E-state index in [0.29, 0.717) is 24.0 Å². The fourth-order valence-corrected chi connectivity index (χ4v) is 2.81. The standard InChI is InChI=1S/C9H11F3N8S/c10-9(11,12)7-17-15-5-3-19(1-2-20(5)7)4-6-16-18-8(14-13)21-6/h1-4,13H2,(H,14,18). The molecule has 12 heteroatoms. The van der Waals surface area contributed by atoms with Crippen LogP contribution < -0.4 is 11.3 Å². The lowest BCUT2D eigenvalue weighted by molar-refractivity contribution is -0.148. The molecule has 0 atom stereocenters. The van der Waals surface area contributed by atoms with Crippen molar-refractivity contribution in [2.24, 2.45) is 5.84 Å². The van der Waals surface area contributed by atoms with Crippen molar-refractivity contribution >= 4 is 16.5 Å². The molecule has 114 valence electrons. The van der Waals surface area contributed by atoms with E-state index in [0.717, 1.165) is 9.57 Å². The zero-order chi connectivity index (χ0) is 15.0. The molecule has 3 N–H and O–H groups in total. The highest BCUT2D eigenvalue weighted by Gasteiger charge is 2.39. The number of alkyl halides is 3. The van der Waals surface area contributed by atoms with Crippen LogP contribution in [0.25, 0.3) is 0 Å². The molecular formula is C9H11F3N8S. The van der Waals surface area contributed by atoms with E-state index in [2.05, 4.69) is 25.8 Å². The van der Waals surface area contributed by atoms with E-state index in [1.54, 1.807) is 0 Å². The molecule has 0 amide bonds. The highest BCUT2D eigenvalue weighted by molar-refractivity contribution is 7.15. The summed E-state index contributed by atoms with van der Waals surface area (Å²) < 4.78 is 39.3. The summed E-state index contributed by atoms with van der Waals surface area (Å²) in [5, 5.41) is 15.8. The average molecular weight is 320 g/mol. The van der Waals surface area contributed by atoms with Crippen LogP contribution in [0.1, 0.15) is 16.7 Å². The highest BCUT2D eigenvalue weighted by Crippen LogP contribution is 2.29. The number of rotatable bonds is 3. The quantitative estimate of drug-likeness (QED) is 0.626. The summed E-state index contributed by atoms with van der Waals surface area (Å²) in [6, 6.07) is 0. The van der Waals surface area contributed by atoms with E-state index in [1.807, 2.05) is 4.90 Å². The van der Waals surface area contributed by atoms with Crippen LogP contribution in [0.15, 0.2) is 0 Å². The largest absolute Gasteiger partial charge is 0.451 e. The Balaban J connectivity index is 1.72. The molecule has 8 nitrogen and oxygen atoms in total. The third-order valence-electron chi connectivity index (χ3n) is 3.03. The number of fused-ring (bicyclic) bond motifs is 1. The molecular weight excluding hydrogens is 309 g/mol. The van der Waals surface area contributed by atoms with Crippen LogP contribution in [0.5, 0.6) is 0 Å². The SMILES string of the molecule is NNc1nnc(CN2CCn3c(nnc3C(F)(F)F)C2)s1. The van der Waals surface area contributed by atoms with Crippen molar-refractivity contribution in [3.63, 3.8) is 0 Å². The Morgan fingerprint density at radius 1 is 1.19 bits per heavy atom. The highest BCUT2D eigenvalue weighted by atomic mass is 32.1. The van der Waals surface area contributed by atoms with Gasteiger partial charge in [0.2, 0.25) is 11.0 Å². The zero-order valence-corrected chi connectivity index (χ0v) is 11.4. The van der Waals surface area contributed by atoms with E-state index in [1.165, 1.54) is 11.3 Å². The van der Waals surface area contributed by atoms with Crippen LogP contribution in [0.2, 0.25) is 0 Å². The van der Waals surface area contributed by atoms with Crippen molar-refractivity contribution in [1.29, 1.82) is 0 Å². The minimum absolute atomic E-state index is 0.192. The van der Waals surface area contributed by atoms with Gasteiger partial charge in [0.1, 0.15) is 10.8 Å². The van der Waals surface area contributed by atoms with E-state index in [-0.39, 0.29) is 13.1 Å². The van der Waals surface area contributed by atoms with Gasteiger partial charge in [0.15, 0.2) is 0 Å². The molecule has 3 heterocycles. The number of hydrazine groups is 1. The third kappa shape index (κ3) is 2.82. The molecule has 1 aliphatic rings. The van der Waals surface area contributed by atoms with Crippen LogP contribution >= 0.6 is 11.3 Å². The molecule has 0 unspecified atom stereocenters. The van der Waals surface area contributed by atoms with Gasteiger partial charge in [0, 0.05) is 13.1 Å². The average Bonchev–Trinajstić information content (AvgIpc) is 3.03. The van der Waals surface area contributed by atoms with Crippen LogP contribution in [0.3, 0.4) is 0 Å². The van der Waals surface area contributed by atoms with Crippen molar-refractivity contribution < 1.29 is 13.2 Å². The van der Waals surface area contributed by atoms with Gasteiger partial charge in [-0.05, 0) is 0 Å². The van der Waals surface area contributed by atoms with Gasteiger partial charge in [-0.1, -0.05) is 11.3 Å². The Labute approximate surface area is 120 Å². The predicted octanol–water partition coefficient (Wildman–Crippen LogP) is 0.450. The van der Waals surface area contributed by atoms with Crippen LogP contribution in [-0.4, -0.2) is 36.4 Å². The van der Waals surface area contributed by atoms with E-state index >= 15 is 0 Å². The van der Waals surface area contributed by atoms with Crippen LogP contribution in [0.4, 0.5) is 18.3 Å². The summed E-state index contributed by atoms with van der Waals surface area (Å²) in [5.74, 6) is 4.58. The van der Waals surface area contributed by atoms with Crippen LogP contribution in [-0.2, 0) is 25.8 Å². The summed E-state index contributed by atoms with van der Waals surface area (Å²) in [5.41, 5.74) is 2.40. The second kappa shape index (κ2) is 5.20. The number of aromatic nitrogens is 5. The molecule has 3 rings (SSSR count). The normalized spacial score (nSPS) is 16.0. The lowest BCUT2D eigenvalue weighted by Crippen LogP contribution is -2.34. The summed E-state index contributed by atoms with van der Waals surface area (Å²) in [7, 11) is 0. The molecule has 0 spiro atoms. The maximum absolute atomic E-state index is 12.7. The van der Waals surface area contributed by atoms with Crippen molar-refractivity contribution in [1.82, 2.24) is 29.9 Å². The lowest BCUT2D eigenvalue weighted by Gasteiger charge is -2.26. The van der Waals surface area contributed by atoms with Gasteiger partial charge in [-0.25, -0.2) is 5.84 Å². The Morgan fingerprint density at radius 2 is 2.00 bits per heavy atom. The predicted molar refractivity (Wildman–Crippen MR) is 66.9 cm³/mol. The number of nitrogens with zero attached hydrogens (tertiary/aromatic N) is 6. The van der Waals surface area contributed by atoms with Crippen molar-refractivity contribution in [2.45, 2.75) is 25.8 Å². The van der Waals surface area contributed by atoms with Gasteiger partial charge in [-0.15, -0.1) is 20.4 Å². The topological polar surface area (TPSA) is 97.8 Å². The molecule has 0 fully saturated rings. The minimum Gasteiger partial charge on any atom is -0.305 e. The maximum Gasteiger partial charge on any atom is 0.451 e. The summed E-state index contributed by atoms with van der Waals surface area (Å²) in [6.07, 6.45) is -4.48. The van der Waals surface area contributed by atoms with Gasteiger partial charge in [0.25, 0.3) is 0 Å². The zero-order valence-electron chi connectivity index (χ0n) is 10.6. The molecule has 1 aliphatic heterocycles. The van der Waals surface area contributed by atoms with Gasteiger partial charge in [-0.3, -0.25) is 10.3 Å². The number of nitrogen functional groups attached to an aromatic ring is 1. The second-order valence-electron chi connectivity index (χ2n) is 4.45. The fourth-order valence-electron chi connectivity index (χ4n) is 2.12. The van der Waals surface area contributed by atoms with Crippen molar-refractivity contribution in [2.75, 3.05) is 12.0 Å². The molecule has 0 bridgehead atoms. The third-order valence-corrected chi connectivity index (χ3v) is 3.87. The van der Waals surface area contributed by atoms with E-state index in [9.17, 15) is 13.2 Å². The first-order chi connectivity index (χ1) is 9.97. The fraction of sp³-hybridized carbons (Fsp3) is 0.556. The molecule has 2 aromatic rings. The minimum atomic E-state index is -4.48. The van der Waals surface area contributed by atoms with Crippen molar-refractivity contribution in [3.05, 3.63) is 16.7 Å². The Hall–Kier alpha value is -1.79. The summed E-state index contributed by atoms with van der Waals surface area (Å²) in [6.45, 7) is 1.42. The number of halogens is 3. The molecule has 0 saturated heterocycles. The molecule has 0 aromatic carbocycles. The van der Waals surface area contributed by atoms with Crippen LogP contribution in [0, 0.1) is 0 Å². The number of anilines is 1. The Morgan fingerprint density at radius 3 is 2.67 bits per heavy atom. The number of hydrogen-bond acceptors (Lipinski definition) is 8. The molecule has 0 aliphatic carbocycles. The molecule has 0 radical (unpaired) electrons. The Bertz CT molecular complexity index is 635. The summed E-state index contributed by atoms with van der Waals surface area (Å²) in [4.78, 5) is 1.94. The van der Waals surface area contributed by atoms with E-state index in [4.69, 9.17) is 5.84 Å². The second-order valence-corrected chi connectivity index (χ2v) is 5.51. The maximum atomic E-state index is 12.7. The van der Waals surface area contributed by atoms with Gasteiger partial charge >= 0.3 is 6.18 Å². The molecule has 0 saturated carbocycles. The monoisotopic (exact) mass is 320 g/mol. The first-order valence-corrected chi connectivity index (χ1v) is 6.79. The van der Waals surface area contributed by atoms with Gasteiger partial charge < -0.3 is 4.57 Å². The van der Waals surface area contributed by atoms with Gasteiger partial charge in [-0.2, -0.15) is 13.2 Å². The first-order valence-electron chi connectivity index (χ1n) is 5.98. The lowest BCUT2D eigenvalue weighted by atomic mass is 10.3. The molecule has 21 heavy (non-hydrogen) atoms. The number of hydrogen-bond donors (Lipinski definition) is 2. The first kappa shape index (κ1) is 14.2. The number of nitrogens with two attached hydrogens (primary N) is 1. The van der Waals surface area contributed by atoms with E-state index < -0.39 is 12.0 Å². The molecule has 2 aromatic heterocycles. The smallest absolute Gasteiger partial charge is 0.305 e. The van der Waals surface area contributed by atoms with Crippen molar-refractivity contribution in [3.8, 4) is 0 Å². The summed E-state index contributed by atoms with van der Waals surface area (Å²) >= 11 is 1.29. The number of nitrogens with one attached hydrogen (secondary N) is 1. The Kier molecular flexibility index (Phi) is 3.51.